The van der Waals surface area contributed by atoms with E-state index in [4.69, 9.17) is 5.11 Å². The van der Waals surface area contributed by atoms with E-state index in [0.29, 0.717) is 6.42 Å². The maximum Gasteiger partial charge on any atom is 0.303 e. The fourth-order valence-electron chi connectivity index (χ4n) is 4.75. The van der Waals surface area contributed by atoms with Crippen molar-refractivity contribution in [2.45, 2.75) is 174 Å². The van der Waals surface area contributed by atoms with Gasteiger partial charge < -0.3 is 5.11 Å². The van der Waals surface area contributed by atoms with E-state index in [0.717, 1.165) is 32.1 Å². The van der Waals surface area contributed by atoms with Gasteiger partial charge >= 0.3 is 5.97 Å². The second kappa shape index (κ2) is 33.5. The molecule has 0 aliphatic heterocycles. The number of hydrogen-bond acceptors (Lipinski definition) is 1. The van der Waals surface area contributed by atoms with Crippen molar-refractivity contribution in [3.05, 3.63) is 48.6 Å². The largest absolute Gasteiger partial charge is 0.481 e. The molecule has 0 aromatic rings. The van der Waals surface area contributed by atoms with Gasteiger partial charge in [0, 0.05) is 6.42 Å². The van der Waals surface area contributed by atoms with Crippen LogP contribution in [0.4, 0.5) is 0 Å². The molecule has 0 saturated heterocycles. The van der Waals surface area contributed by atoms with Crippen LogP contribution in [-0.4, -0.2) is 11.1 Å². The van der Waals surface area contributed by atoms with E-state index in [2.05, 4.69) is 55.5 Å². The average molecular weight is 529 g/mol. The Morgan fingerprint density at radius 2 is 0.711 bits per heavy atom. The Bertz CT molecular complexity index is 584. The summed E-state index contributed by atoms with van der Waals surface area (Å²) in [4.78, 5) is 10.5. The lowest BCUT2D eigenvalue weighted by Gasteiger charge is -2.03. The van der Waals surface area contributed by atoms with E-state index in [1.165, 1.54) is 128 Å². The van der Waals surface area contributed by atoms with Gasteiger partial charge in [-0.05, 0) is 51.4 Å². The highest BCUT2D eigenvalue weighted by Gasteiger charge is 1.97. The third kappa shape index (κ3) is 34.4. The standard InChI is InChI=1S/C36H64O2/c1-2-3-4-5-6-7-8-9-10-11-12-13-14-15-16-17-18-19-20-21-22-23-24-25-26-27-28-29-30-31-32-33-34-35-36(37)38/h6-7,9-10,12-13,15-16H,2-5,8,11,14,17-35H2,1H3,(H,37,38)/b7-6-,10-9-,13-12-,16-15-. The highest BCUT2D eigenvalue weighted by molar-refractivity contribution is 5.66. The Morgan fingerprint density at radius 1 is 0.421 bits per heavy atom. The molecule has 0 spiro atoms. The van der Waals surface area contributed by atoms with E-state index in [1.807, 2.05) is 0 Å². The van der Waals surface area contributed by atoms with Crippen molar-refractivity contribution in [1.29, 1.82) is 0 Å². The Kier molecular flexibility index (Phi) is 32.1. The second-order valence-corrected chi connectivity index (χ2v) is 11.0. The molecule has 0 unspecified atom stereocenters. The fourth-order valence-corrected chi connectivity index (χ4v) is 4.75. The Balaban J connectivity index is 3.22. The minimum Gasteiger partial charge on any atom is -0.481 e. The molecule has 0 rings (SSSR count). The summed E-state index contributed by atoms with van der Waals surface area (Å²) in [6, 6.07) is 0. The van der Waals surface area contributed by atoms with Crippen LogP contribution in [0.2, 0.25) is 0 Å². The van der Waals surface area contributed by atoms with E-state index in [-0.39, 0.29) is 0 Å². The number of allylic oxidation sites excluding steroid dienone is 8. The van der Waals surface area contributed by atoms with Crippen LogP contribution in [0.5, 0.6) is 0 Å². The van der Waals surface area contributed by atoms with Crippen molar-refractivity contribution >= 4 is 5.97 Å². The second-order valence-electron chi connectivity index (χ2n) is 11.0. The van der Waals surface area contributed by atoms with Crippen molar-refractivity contribution in [2.24, 2.45) is 0 Å². The van der Waals surface area contributed by atoms with E-state index in [1.54, 1.807) is 0 Å². The van der Waals surface area contributed by atoms with E-state index < -0.39 is 5.97 Å². The maximum absolute atomic E-state index is 10.5. The number of carboxylic acid groups (broad SMARTS) is 1. The summed E-state index contributed by atoms with van der Waals surface area (Å²) in [6.07, 6.45) is 51.0. The molecule has 2 nitrogen and oxygen atoms in total. The maximum atomic E-state index is 10.5. The topological polar surface area (TPSA) is 37.3 Å². The quantitative estimate of drug-likeness (QED) is 0.0743. The predicted octanol–water partition coefficient (Wildman–Crippen LogP) is 12.5. The summed E-state index contributed by atoms with van der Waals surface area (Å²) < 4.78 is 0. The molecule has 2 heteroatoms. The third-order valence-electron chi connectivity index (χ3n) is 7.22. The molecule has 0 saturated carbocycles. The normalized spacial score (nSPS) is 12.2. The number of hydrogen-bond donors (Lipinski definition) is 1. The zero-order chi connectivity index (χ0) is 27.6. The molecule has 0 aromatic heterocycles. The fraction of sp³-hybridized carbons (Fsp3) is 0.750. The van der Waals surface area contributed by atoms with E-state index >= 15 is 0 Å². The summed E-state index contributed by atoms with van der Waals surface area (Å²) in [5, 5.41) is 8.62. The van der Waals surface area contributed by atoms with Crippen molar-refractivity contribution in [2.75, 3.05) is 0 Å². The van der Waals surface area contributed by atoms with Gasteiger partial charge in [0.1, 0.15) is 0 Å². The average Bonchev–Trinajstić information content (AvgIpc) is 2.91. The molecule has 0 fully saturated rings. The Labute approximate surface area is 238 Å². The lowest BCUT2D eigenvalue weighted by molar-refractivity contribution is -0.137. The van der Waals surface area contributed by atoms with Crippen LogP contribution >= 0.6 is 0 Å². The van der Waals surface area contributed by atoms with Gasteiger partial charge in [0.25, 0.3) is 0 Å². The van der Waals surface area contributed by atoms with Crippen LogP contribution in [0.1, 0.15) is 174 Å². The van der Waals surface area contributed by atoms with Gasteiger partial charge in [0.05, 0.1) is 0 Å². The molecule has 1 N–H and O–H groups in total. The first kappa shape index (κ1) is 36.4. The molecule has 0 aliphatic carbocycles. The smallest absolute Gasteiger partial charge is 0.303 e. The highest BCUT2D eigenvalue weighted by atomic mass is 16.4. The van der Waals surface area contributed by atoms with Crippen LogP contribution in [-0.2, 0) is 4.79 Å². The van der Waals surface area contributed by atoms with Gasteiger partial charge in [-0.25, -0.2) is 0 Å². The molecule has 38 heavy (non-hydrogen) atoms. The summed E-state index contributed by atoms with van der Waals surface area (Å²) in [7, 11) is 0. The molecular weight excluding hydrogens is 464 g/mol. The van der Waals surface area contributed by atoms with Crippen molar-refractivity contribution < 1.29 is 9.90 Å². The molecular formula is C36H64O2. The first-order chi connectivity index (χ1) is 18.8. The Morgan fingerprint density at radius 3 is 1.05 bits per heavy atom. The van der Waals surface area contributed by atoms with Crippen molar-refractivity contribution in [3.8, 4) is 0 Å². The van der Waals surface area contributed by atoms with Crippen LogP contribution in [0.15, 0.2) is 48.6 Å². The molecule has 0 heterocycles. The summed E-state index contributed by atoms with van der Waals surface area (Å²) in [6.45, 7) is 2.26. The van der Waals surface area contributed by atoms with Crippen LogP contribution in [0.25, 0.3) is 0 Å². The molecule has 0 aromatic carbocycles. The van der Waals surface area contributed by atoms with Crippen molar-refractivity contribution in [3.63, 3.8) is 0 Å². The summed E-state index contributed by atoms with van der Waals surface area (Å²) in [5.41, 5.74) is 0. The van der Waals surface area contributed by atoms with Gasteiger partial charge in [-0.2, -0.15) is 0 Å². The monoisotopic (exact) mass is 528 g/mol. The van der Waals surface area contributed by atoms with Crippen LogP contribution < -0.4 is 0 Å². The first-order valence-corrected chi connectivity index (χ1v) is 16.6. The van der Waals surface area contributed by atoms with Crippen LogP contribution in [0, 0.1) is 0 Å². The van der Waals surface area contributed by atoms with E-state index in [9.17, 15) is 4.79 Å². The molecule has 0 atom stereocenters. The Hall–Kier alpha value is -1.57. The number of unbranched alkanes of at least 4 members (excludes halogenated alkanes) is 20. The number of rotatable bonds is 30. The first-order valence-electron chi connectivity index (χ1n) is 16.6. The molecule has 0 bridgehead atoms. The van der Waals surface area contributed by atoms with Crippen LogP contribution in [0.3, 0.4) is 0 Å². The van der Waals surface area contributed by atoms with Gasteiger partial charge in [0.15, 0.2) is 0 Å². The molecule has 220 valence electrons. The summed E-state index contributed by atoms with van der Waals surface area (Å²) >= 11 is 0. The lowest BCUT2D eigenvalue weighted by atomic mass is 10.0. The van der Waals surface area contributed by atoms with Gasteiger partial charge in [0.2, 0.25) is 0 Å². The SMILES string of the molecule is CCCCC/C=C\C/C=C\C/C=C\C/C=C\CCCCCCCCCCCCCCCCCCCC(=O)O. The minimum atomic E-state index is -0.654. The van der Waals surface area contributed by atoms with Crippen molar-refractivity contribution in [1.82, 2.24) is 0 Å². The predicted molar refractivity (Wildman–Crippen MR) is 170 cm³/mol. The number of carboxylic acids is 1. The van der Waals surface area contributed by atoms with Gasteiger partial charge in [-0.1, -0.05) is 165 Å². The van der Waals surface area contributed by atoms with Gasteiger partial charge in [-0.15, -0.1) is 0 Å². The third-order valence-corrected chi connectivity index (χ3v) is 7.22. The van der Waals surface area contributed by atoms with Gasteiger partial charge in [-0.3, -0.25) is 4.79 Å². The minimum absolute atomic E-state index is 0.340. The molecule has 0 radical (unpaired) electrons. The highest BCUT2D eigenvalue weighted by Crippen LogP contribution is 2.14. The zero-order valence-corrected chi connectivity index (χ0v) is 25.4. The molecule has 0 amide bonds. The zero-order valence-electron chi connectivity index (χ0n) is 25.4. The number of aliphatic carboxylic acids is 1. The lowest BCUT2D eigenvalue weighted by Crippen LogP contribution is -1.93. The number of carbonyl (C=O) groups is 1. The molecule has 0 aliphatic rings. The summed E-state index contributed by atoms with van der Waals surface area (Å²) in [5.74, 6) is -0.654.